The summed E-state index contributed by atoms with van der Waals surface area (Å²) in [6, 6.07) is 12.5. The minimum Gasteiger partial charge on any atom is -0.493 e. The predicted octanol–water partition coefficient (Wildman–Crippen LogP) is 2.43. The molecule has 0 spiro atoms. The van der Waals surface area contributed by atoms with Crippen LogP contribution in [0.2, 0.25) is 0 Å². The first-order chi connectivity index (χ1) is 15.6. The number of rotatable bonds is 8. The summed E-state index contributed by atoms with van der Waals surface area (Å²) in [7, 11) is 5.34. The summed E-state index contributed by atoms with van der Waals surface area (Å²) in [5.41, 5.74) is 4.85. The average molecular weight is 440 g/mol. The summed E-state index contributed by atoms with van der Waals surface area (Å²) in [4.78, 5) is 17.5. The summed E-state index contributed by atoms with van der Waals surface area (Å²) in [5, 5.41) is 3.17. The molecule has 1 fully saturated rings. The van der Waals surface area contributed by atoms with Gasteiger partial charge >= 0.3 is 0 Å². The fourth-order valence-corrected chi connectivity index (χ4v) is 4.59. The van der Waals surface area contributed by atoms with Crippen LogP contribution in [0.4, 0.5) is 5.69 Å². The van der Waals surface area contributed by atoms with Crippen LogP contribution in [0.3, 0.4) is 0 Å². The second kappa shape index (κ2) is 10.2. The van der Waals surface area contributed by atoms with Crippen LogP contribution in [0.25, 0.3) is 0 Å². The molecule has 1 atom stereocenters. The SMILES string of the molecule is COc1ccc(CC(=O)NCC(c2ccc3c(c2)CCN3C)N2CCOCC2)cc1OC. The molecule has 0 saturated carbocycles. The van der Waals surface area contributed by atoms with E-state index in [2.05, 4.69) is 40.4 Å². The number of fused-ring (bicyclic) bond motifs is 1. The number of amides is 1. The van der Waals surface area contributed by atoms with Crippen molar-refractivity contribution < 1.29 is 19.0 Å². The quantitative estimate of drug-likeness (QED) is 0.682. The van der Waals surface area contributed by atoms with Crippen LogP contribution in [0.5, 0.6) is 11.5 Å². The molecule has 1 N–H and O–H groups in total. The largest absolute Gasteiger partial charge is 0.493 e. The van der Waals surface area contributed by atoms with Gasteiger partial charge in [0.25, 0.3) is 0 Å². The number of carbonyl (C=O) groups excluding carboxylic acids is 1. The highest BCUT2D eigenvalue weighted by Crippen LogP contribution is 2.31. The third-order valence-corrected chi connectivity index (χ3v) is 6.41. The molecule has 7 nitrogen and oxygen atoms in total. The number of hydrogen-bond acceptors (Lipinski definition) is 6. The molecule has 2 aliphatic rings. The highest BCUT2D eigenvalue weighted by atomic mass is 16.5. The lowest BCUT2D eigenvalue weighted by Crippen LogP contribution is -2.44. The van der Waals surface area contributed by atoms with Crippen LogP contribution in [-0.4, -0.2) is 71.5 Å². The normalized spacial score (nSPS) is 17.0. The van der Waals surface area contributed by atoms with Gasteiger partial charge in [-0.05, 0) is 41.3 Å². The van der Waals surface area contributed by atoms with Crippen molar-refractivity contribution in [2.75, 3.05) is 65.6 Å². The first-order valence-electron chi connectivity index (χ1n) is 11.2. The smallest absolute Gasteiger partial charge is 0.224 e. The molecule has 1 amide bonds. The van der Waals surface area contributed by atoms with Crippen molar-refractivity contribution in [2.45, 2.75) is 18.9 Å². The van der Waals surface area contributed by atoms with E-state index in [4.69, 9.17) is 14.2 Å². The Balaban J connectivity index is 1.45. The zero-order valence-corrected chi connectivity index (χ0v) is 19.2. The Bertz CT molecular complexity index is 943. The second-order valence-corrected chi connectivity index (χ2v) is 8.39. The van der Waals surface area contributed by atoms with E-state index in [1.54, 1.807) is 14.2 Å². The Morgan fingerprint density at radius 1 is 1.06 bits per heavy atom. The molecule has 0 aliphatic carbocycles. The lowest BCUT2D eigenvalue weighted by molar-refractivity contribution is -0.120. The fraction of sp³-hybridized carbons (Fsp3) is 0.480. The molecule has 1 saturated heterocycles. The highest BCUT2D eigenvalue weighted by Gasteiger charge is 2.25. The van der Waals surface area contributed by atoms with E-state index in [-0.39, 0.29) is 11.9 Å². The van der Waals surface area contributed by atoms with Crippen molar-refractivity contribution in [1.82, 2.24) is 10.2 Å². The van der Waals surface area contributed by atoms with Crippen molar-refractivity contribution in [3.63, 3.8) is 0 Å². The highest BCUT2D eigenvalue weighted by molar-refractivity contribution is 5.78. The molecular weight excluding hydrogens is 406 g/mol. The third-order valence-electron chi connectivity index (χ3n) is 6.41. The monoisotopic (exact) mass is 439 g/mol. The second-order valence-electron chi connectivity index (χ2n) is 8.39. The first kappa shape index (κ1) is 22.4. The van der Waals surface area contributed by atoms with Gasteiger partial charge in [-0.3, -0.25) is 9.69 Å². The summed E-state index contributed by atoms with van der Waals surface area (Å²) in [6.45, 7) is 4.82. The number of nitrogens with zero attached hydrogens (tertiary/aromatic N) is 2. The molecule has 7 heteroatoms. The number of benzene rings is 2. The molecule has 4 rings (SSSR count). The Labute approximate surface area is 190 Å². The maximum atomic E-state index is 12.8. The third kappa shape index (κ3) is 5.00. The molecule has 2 aliphatic heterocycles. The van der Waals surface area contributed by atoms with Crippen molar-refractivity contribution in [1.29, 1.82) is 0 Å². The van der Waals surface area contributed by atoms with E-state index in [0.717, 1.165) is 44.8 Å². The molecule has 2 aromatic carbocycles. The minimum absolute atomic E-state index is 0.00336. The number of likely N-dealkylation sites (N-methyl/N-ethyl adjacent to an activating group) is 1. The summed E-state index contributed by atoms with van der Waals surface area (Å²) < 4.78 is 16.2. The summed E-state index contributed by atoms with van der Waals surface area (Å²) >= 11 is 0. The van der Waals surface area contributed by atoms with Gasteiger partial charge in [-0.25, -0.2) is 0 Å². The number of ether oxygens (including phenoxy) is 3. The van der Waals surface area contributed by atoms with Gasteiger partial charge in [-0.1, -0.05) is 18.2 Å². The summed E-state index contributed by atoms with van der Waals surface area (Å²) in [5.74, 6) is 1.29. The zero-order chi connectivity index (χ0) is 22.5. The van der Waals surface area contributed by atoms with E-state index in [0.29, 0.717) is 24.5 Å². The number of nitrogens with one attached hydrogen (secondary N) is 1. The molecule has 172 valence electrons. The Morgan fingerprint density at radius 2 is 1.84 bits per heavy atom. The van der Waals surface area contributed by atoms with Gasteiger partial charge in [0.1, 0.15) is 0 Å². The van der Waals surface area contributed by atoms with Gasteiger partial charge in [0.2, 0.25) is 5.91 Å². The van der Waals surface area contributed by atoms with Gasteiger partial charge in [-0.2, -0.15) is 0 Å². The Hall–Kier alpha value is -2.77. The lowest BCUT2D eigenvalue weighted by Gasteiger charge is -2.35. The molecule has 1 unspecified atom stereocenters. The van der Waals surface area contributed by atoms with E-state index in [1.165, 1.54) is 16.8 Å². The van der Waals surface area contributed by atoms with Gasteiger partial charge in [0.05, 0.1) is 39.9 Å². The number of anilines is 1. The molecule has 0 aromatic heterocycles. The molecule has 0 radical (unpaired) electrons. The first-order valence-corrected chi connectivity index (χ1v) is 11.2. The zero-order valence-electron chi connectivity index (χ0n) is 19.2. The summed E-state index contributed by atoms with van der Waals surface area (Å²) in [6.07, 6.45) is 1.37. The van der Waals surface area contributed by atoms with E-state index < -0.39 is 0 Å². The van der Waals surface area contributed by atoms with Gasteiger partial charge in [-0.15, -0.1) is 0 Å². The van der Waals surface area contributed by atoms with E-state index >= 15 is 0 Å². The standard InChI is InChI=1S/C25H33N3O4/c1-27-9-8-20-16-19(5-6-21(20)27)22(28-10-12-32-13-11-28)17-26-25(29)15-18-4-7-23(30-2)24(14-18)31-3/h4-7,14,16,22H,8-13,15,17H2,1-3H3,(H,26,29). The van der Waals surface area contributed by atoms with Crippen molar-refractivity contribution >= 4 is 11.6 Å². The predicted molar refractivity (Wildman–Crippen MR) is 125 cm³/mol. The number of hydrogen-bond donors (Lipinski definition) is 1. The topological polar surface area (TPSA) is 63.3 Å². The Kier molecular flexibility index (Phi) is 7.17. The van der Waals surface area contributed by atoms with E-state index in [9.17, 15) is 4.79 Å². The van der Waals surface area contributed by atoms with Crippen LogP contribution >= 0.6 is 0 Å². The van der Waals surface area contributed by atoms with Crippen molar-refractivity contribution in [3.05, 3.63) is 53.1 Å². The Morgan fingerprint density at radius 3 is 2.59 bits per heavy atom. The number of carbonyl (C=O) groups is 1. The van der Waals surface area contributed by atoms with E-state index in [1.807, 2.05) is 18.2 Å². The van der Waals surface area contributed by atoms with Crippen LogP contribution in [0, 0.1) is 0 Å². The molecular formula is C25H33N3O4. The maximum absolute atomic E-state index is 12.8. The molecule has 2 heterocycles. The average Bonchev–Trinajstić information content (AvgIpc) is 3.20. The van der Waals surface area contributed by atoms with Crippen LogP contribution in [0.15, 0.2) is 36.4 Å². The molecule has 2 aromatic rings. The fourth-order valence-electron chi connectivity index (χ4n) is 4.59. The molecule has 32 heavy (non-hydrogen) atoms. The van der Waals surface area contributed by atoms with Crippen molar-refractivity contribution in [2.24, 2.45) is 0 Å². The van der Waals surface area contributed by atoms with Gasteiger partial charge < -0.3 is 24.4 Å². The van der Waals surface area contributed by atoms with Crippen LogP contribution in [0.1, 0.15) is 22.7 Å². The number of methoxy groups -OCH3 is 2. The maximum Gasteiger partial charge on any atom is 0.224 e. The minimum atomic E-state index is -0.00336. The van der Waals surface area contributed by atoms with Gasteiger partial charge in [0, 0.05) is 38.9 Å². The lowest BCUT2D eigenvalue weighted by atomic mass is 10.00. The van der Waals surface area contributed by atoms with Crippen molar-refractivity contribution in [3.8, 4) is 11.5 Å². The van der Waals surface area contributed by atoms with Gasteiger partial charge in [0.15, 0.2) is 11.5 Å². The molecule has 0 bridgehead atoms. The number of morpholine rings is 1. The van der Waals surface area contributed by atoms with Crippen LogP contribution < -0.4 is 19.7 Å². The van der Waals surface area contributed by atoms with Crippen LogP contribution in [-0.2, 0) is 22.4 Å².